The second kappa shape index (κ2) is 11.3. The topological polar surface area (TPSA) is 90.8 Å². The number of anilines is 1. The highest BCUT2D eigenvalue weighted by atomic mass is 19.1. The van der Waals surface area contributed by atoms with Crippen LogP contribution in [0.15, 0.2) is 30.3 Å². The van der Waals surface area contributed by atoms with Gasteiger partial charge in [-0.25, -0.2) is 13.2 Å². The summed E-state index contributed by atoms with van der Waals surface area (Å²) in [5, 5.41) is 14.8. The number of hydrogen-bond donors (Lipinski definition) is 2. The Kier molecular flexibility index (Phi) is 7.08. The molecule has 0 radical (unpaired) electrons. The van der Waals surface area contributed by atoms with Crippen LogP contribution >= 0.6 is 0 Å². The number of terminal acetylenes is 1. The predicted molar refractivity (Wildman–Crippen MR) is 179 cm³/mol. The second-order valence-electron chi connectivity index (χ2n) is 14.8. The number of piperazine rings is 1. The van der Waals surface area contributed by atoms with Gasteiger partial charge in [0.15, 0.2) is 5.82 Å². The fraction of sp³-hybridized carbons (Fsp3) is 0.447. The molecule has 2 saturated carbocycles. The quantitative estimate of drug-likeness (QED) is 0.243. The molecule has 49 heavy (non-hydrogen) atoms. The van der Waals surface area contributed by atoms with Crippen molar-refractivity contribution < 1.29 is 27.8 Å². The Morgan fingerprint density at radius 1 is 1.02 bits per heavy atom. The van der Waals surface area contributed by atoms with E-state index in [4.69, 9.17) is 16.1 Å². The lowest BCUT2D eigenvalue weighted by Crippen LogP contribution is -2.54. The van der Waals surface area contributed by atoms with Crippen LogP contribution in [0.1, 0.15) is 50.5 Å². The maximum Gasteiger partial charge on any atom is 0.319 e. The van der Waals surface area contributed by atoms with E-state index in [0.29, 0.717) is 43.1 Å². The fourth-order valence-electron chi connectivity index (χ4n) is 8.80. The third-order valence-electron chi connectivity index (χ3n) is 11.5. The van der Waals surface area contributed by atoms with Crippen molar-refractivity contribution in [3.8, 4) is 35.2 Å². The first-order valence-corrected chi connectivity index (χ1v) is 17.2. The summed E-state index contributed by atoms with van der Waals surface area (Å²) in [5.41, 5.74) is -0.936. The van der Waals surface area contributed by atoms with Gasteiger partial charge in [-0.15, -0.1) is 6.42 Å². The van der Waals surface area contributed by atoms with Crippen LogP contribution in [0, 0.1) is 41.1 Å². The summed E-state index contributed by atoms with van der Waals surface area (Å²) in [4.78, 5) is 26.2. The van der Waals surface area contributed by atoms with Crippen LogP contribution in [-0.4, -0.2) is 76.7 Å². The lowest BCUT2D eigenvalue weighted by atomic mass is 9.78. The molecule has 0 amide bonds. The van der Waals surface area contributed by atoms with Crippen molar-refractivity contribution in [3.05, 3.63) is 53.3 Å². The molecule has 10 rings (SSSR count). The molecular formula is C38H36F3N5O3. The number of ketones is 1. The maximum absolute atomic E-state index is 16.9. The van der Waals surface area contributed by atoms with Crippen LogP contribution in [-0.2, 0) is 4.79 Å². The molecule has 5 heterocycles. The van der Waals surface area contributed by atoms with Gasteiger partial charge in [0.1, 0.15) is 34.5 Å². The van der Waals surface area contributed by atoms with Gasteiger partial charge >= 0.3 is 6.01 Å². The van der Waals surface area contributed by atoms with Gasteiger partial charge in [-0.1, -0.05) is 12.0 Å². The molecular weight excluding hydrogens is 631 g/mol. The zero-order chi connectivity index (χ0) is 33.6. The van der Waals surface area contributed by atoms with Crippen molar-refractivity contribution in [2.75, 3.05) is 37.7 Å². The molecule has 6 fully saturated rings. The zero-order valence-corrected chi connectivity index (χ0v) is 26.9. The summed E-state index contributed by atoms with van der Waals surface area (Å²) in [6.07, 6.45) is 12.2. The SMILES string of the molecule is C#Cc1c(F)ccc2cc(O)cc(-c3c(F)cc4c(N5CC6CCC(C5)N6)nc(OCC5(CN6CC7CCC6CC7=O)CC5)nc4c3F)c12. The molecule has 8 nitrogen and oxygen atoms in total. The van der Waals surface area contributed by atoms with Crippen molar-refractivity contribution in [2.45, 2.75) is 63.1 Å². The normalized spacial score (nSPS) is 25.7. The minimum Gasteiger partial charge on any atom is -0.508 e. The van der Waals surface area contributed by atoms with Crippen molar-refractivity contribution in [2.24, 2.45) is 11.3 Å². The van der Waals surface area contributed by atoms with Gasteiger partial charge in [-0.05, 0) is 68.2 Å². The van der Waals surface area contributed by atoms with Gasteiger partial charge in [0, 0.05) is 78.4 Å². The van der Waals surface area contributed by atoms with E-state index in [9.17, 15) is 14.3 Å². The van der Waals surface area contributed by atoms with E-state index in [1.54, 1.807) is 0 Å². The molecule has 4 atom stereocenters. The Morgan fingerprint density at radius 2 is 1.82 bits per heavy atom. The summed E-state index contributed by atoms with van der Waals surface area (Å²) in [6, 6.07) is 7.12. The number of carbonyl (C=O) groups excluding carboxylic acids is 1. The van der Waals surface area contributed by atoms with Gasteiger partial charge in [0.25, 0.3) is 0 Å². The van der Waals surface area contributed by atoms with Crippen LogP contribution in [0.3, 0.4) is 0 Å². The Hall–Kier alpha value is -4.40. The number of nitrogens with one attached hydrogen (secondary N) is 1. The van der Waals surface area contributed by atoms with Crippen molar-refractivity contribution in [1.82, 2.24) is 20.2 Å². The Labute approximate surface area is 281 Å². The van der Waals surface area contributed by atoms with Crippen molar-refractivity contribution in [3.63, 3.8) is 0 Å². The van der Waals surface area contributed by atoms with Gasteiger partial charge in [-0.2, -0.15) is 9.97 Å². The molecule has 0 spiro atoms. The number of phenols is 1. The van der Waals surface area contributed by atoms with Crippen LogP contribution < -0.4 is 15.0 Å². The lowest BCUT2D eigenvalue weighted by molar-refractivity contribution is -0.133. The number of nitrogens with zero attached hydrogens (tertiary/aromatic N) is 4. The number of hydrogen-bond acceptors (Lipinski definition) is 8. The highest BCUT2D eigenvalue weighted by molar-refractivity contribution is 6.04. The molecule has 6 aliphatic rings. The average molecular weight is 668 g/mol. The second-order valence-corrected chi connectivity index (χ2v) is 14.8. The molecule has 252 valence electrons. The fourth-order valence-corrected chi connectivity index (χ4v) is 8.80. The van der Waals surface area contributed by atoms with Crippen LogP contribution in [0.25, 0.3) is 32.8 Å². The number of rotatable bonds is 7. The number of fused-ring (bicyclic) bond motifs is 7. The Balaban J connectivity index is 1.13. The molecule has 4 unspecified atom stereocenters. The van der Waals surface area contributed by atoms with Gasteiger partial charge in [-0.3, -0.25) is 9.69 Å². The summed E-state index contributed by atoms with van der Waals surface area (Å²) in [7, 11) is 0. The number of benzene rings is 3. The third kappa shape index (κ3) is 5.19. The Bertz CT molecular complexity index is 2080. The van der Waals surface area contributed by atoms with Crippen LogP contribution in [0.2, 0.25) is 0 Å². The smallest absolute Gasteiger partial charge is 0.319 e. The third-order valence-corrected chi connectivity index (χ3v) is 11.5. The molecule has 4 bridgehead atoms. The summed E-state index contributed by atoms with van der Waals surface area (Å²) in [5.74, 6) is 0.368. The van der Waals surface area contributed by atoms with Gasteiger partial charge in [0.2, 0.25) is 0 Å². The summed E-state index contributed by atoms with van der Waals surface area (Å²) in [6.45, 7) is 3.20. The number of ether oxygens (including phenoxy) is 1. The van der Waals surface area contributed by atoms with E-state index in [2.05, 4.69) is 26.0 Å². The number of Topliss-reactive ketones (excluding diaryl/α,β-unsaturated/α-hetero) is 1. The lowest BCUT2D eigenvalue weighted by Gasteiger charge is -2.45. The summed E-state index contributed by atoms with van der Waals surface area (Å²) >= 11 is 0. The van der Waals surface area contributed by atoms with Crippen LogP contribution in [0.4, 0.5) is 19.0 Å². The number of aromatic hydroxyl groups is 1. The standard InChI is InChI=1S/C38H36F3N5O3/c1-2-26-29(39)8-4-20-11-25(47)13-27(32(20)26)33-30(40)14-28-35(34(33)41)43-37(44-36(28)45-16-22-5-6-23(17-45)42-22)49-19-38(9-10-38)18-46-15-21-3-7-24(46)12-31(21)48/h1,4,8,11,13-14,21-24,42,47H,3,5-7,9-10,12,15-19H2. The molecule has 4 saturated heterocycles. The first-order chi connectivity index (χ1) is 23.7. The minimum atomic E-state index is -0.976. The van der Waals surface area contributed by atoms with E-state index in [1.165, 1.54) is 30.3 Å². The first kappa shape index (κ1) is 30.6. The average Bonchev–Trinajstić information content (AvgIpc) is 3.77. The van der Waals surface area contributed by atoms with Crippen molar-refractivity contribution in [1.29, 1.82) is 0 Å². The monoisotopic (exact) mass is 667 g/mol. The molecule has 1 aromatic heterocycles. The van der Waals surface area contributed by atoms with E-state index in [1.807, 2.05) is 0 Å². The summed E-state index contributed by atoms with van der Waals surface area (Å²) < 4.78 is 54.4. The van der Waals surface area contributed by atoms with E-state index in [0.717, 1.165) is 51.6 Å². The predicted octanol–water partition coefficient (Wildman–Crippen LogP) is 5.71. The van der Waals surface area contributed by atoms with Crippen molar-refractivity contribution >= 4 is 33.3 Å². The Morgan fingerprint density at radius 3 is 2.51 bits per heavy atom. The van der Waals surface area contributed by atoms with E-state index >= 15 is 8.78 Å². The number of aromatic nitrogens is 2. The highest BCUT2D eigenvalue weighted by Crippen LogP contribution is 2.49. The molecule has 4 aliphatic heterocycles. The molecule has 3 aromatic carbocycles. The number of phenolic OH excluding ortho intramolecular Hbond substituents is 1. The first-order valence-electron chi connectivity index (χ1n) is 17.2. The largest absolute Gasteiger partial charge is 0.508 e. The molecule has 2 N–H and O–H groups in total. The maximum atomic E-state index is 16.9. The van der Waals surface area contributed by atoms with E-state index < -0.39 is 23.0 Å². The number of piperidine rings is 2. The van der Waals surface area contributed by atoms with Gasteiger partial charge in [0.05, 0.1) is 17.7 Å². The minimum absolute atomic E-state index is 0.00239. The molecule has 2 aliphatic carbocycles. The number of halogens is 3. The zero-order valence-electron chi connectivity index (χ0n) is 26.9. The molecule has 4 aromatic rings. The highest BCUT2D eigenvalue weighted by Gasteiger charge is 2.49. The van der Waals surface area contributed by atoms with Gasteiger partial charge < -0.3 is 20.1 Å². The molecule has 11 heteroatoms. The number of carbonyl (C=O) groups is 1. The van der Waals surface area contributed by atoms with Crippen LogP contribution in [0.5, 0.6) is 11.8 Å². The van der Waals surface area contributed by atoms with E-state index in [-0.39, 0.29) is 68.6 Å².